The largest absolute Gasteiger partial charge is 0.366 e. The number of benzene rings is 1. The fourth-order valence-corrected chi connectivity index (χ4v) is 2.47. The summed E-state index contributed by atoms with van der Waals surface area (Å²) in [6.07, 6.45) is 3.50. The monoisotopic (exact) mass is 367 g/mol. The van der Waals surface area contributed by atoms with Crippen molar-refractivity contribution in [3.8, 4) is 0 Å². The van der Waals surface area contributed by atoms with Crippen LogP contribution in [0.4, 0.5) is 5.82 Å². The smallest absolute Gasteiger partial charge is 0.270 e. The molecule has 3 rings (SSSR count). The predicted octanol–water partition coefficient (Wildman–Crippen LogP) is 3.38. The Kier molecular flexibility index (Phi) is 5.76. The number of halogens is 1. The van der Waals surface area contributed by atoms with Crippen molar-refractivity contribution >= 4 is 23.3 Å². The quantitative estimate of drug-likeness (QED) is 0.698. The minimum absolute atomic E-state index is 0.255. The van der Waals surface area contributed by atoms with E-state index in [2.05, 4.69) is 25.6 Å². The summed E-state index contributed by atoms with van der Waals surface area (Å²) in [7, 11) is 0. The molecule has 0 radical (unpaired) electrons. The van der Waals surface area contributed by atoms with Gasteiger partial charge in [0, 0.05) is 36.6 Å². The third-order valence-corrected chi connectivity index (χ3v) is 3.89. The lowest BCUT2D eigenvalue weighted by Crippen LogP contribution is -2.24. The summed E-state index contributed by atoms with van der Waals surface area (Å²) in [5.74, 6) is 0.866. The maximum atomic E-state index is 12.4. The maximum Gasteiger partial charge on any atom is 0.270 e. The highest BCUT2D eigenvalue weighted by Gasteiger charge is 2.10. The summed E-state index contributed by atoms with van der Waals surface area (Å²) in [5.41, 5.74) is 2.31. The van der Waals surface area contributed by atoms with Crippen LogP contribution in [-0.4, -0.2) is 20.9 Å². The third kappa shape index (κ3) is 5.00. The number of hydrogen-bond acceptors (Lipinski definition) is 5. The van der Waals surface area contributed by atoms with E-state index >= 15 is 0 Å². The first kappa shape index (κ1) is 17.8. The topological polar surface area (TPSA) is 79.8 Å². The molecule has 6 nitrogen and oxygen atoms in total. The zero-order valence-corrected chi connectivity index (χ0v) is 15.0. The number of nitrogens with one attached hydrogen (secondary N) is 2. The van der Waals surface area contributed by atoms with Crippen LogP contribution in [0.25, 0.3) is 0 Å². The van der Waals surface area contributed by atoms with Gasteiger partial charge in [-0.3, -0.25) is 9.78 Å². The second-order valence-corrected chi connectivity index (χ2v) is 6.15. The maximum absolute atomic E-state index is 12.4. The van der Waals surface area contributed by atoms with Crippen LogP contribution in [0.2, 0.25) is 5.02 Å². The first-order chi connectivity index (χ1) is 12.6. The molecule has 1 aromatic carbocycles. The Hall–Kier alpha value is -2.99. The Bertz CT molecular complexity index is 884. The first-order valence-corrected chi connectivity index (χ1v) is 8.49. The molecule has 0 spiro atoms. The van der Waals surface area contributed by atoms with Crippen LogP contribution in [0.15, 0.2) is 54.9 Å². The summed E-state index contributed by atoms with van der Waals surface area (Å²) >= 11 is 5.86. The molecule has 2 N–H and O–H groups in total. The van der Waals surface area contributed by atoms with E-state index in [4.69, 9.17) is 11.6 Å². The van der Waals surface area contributed by atoms with Gasteiger partial charge in [0.15, 0.2) is 0 Å². The number of rotatable bonds is 6. The molecule has 0 atom stereocenters. The molecule has 0 bridgehead atoms. The Balaban J connectivity index is 1.64. The van der Waals surface area contributed by atoms with E-state index in [-0.39, 0.29) is 5.91 Å². The van der Waals surface area contributed by atoms with Crippen molar-refractivity contribution in [1.29, 1.82) is 0 Å². The number of aromatic nitrogens is 3. The number of nitrogens with zero attached hydrogens (tertiary/aromatic N) is 3. The number of carbonyl (C=O) groups is 1. The van der Waals surface area contributed by atoms with Gasteiger partial charge < -0.3 is 10.6 Å². The molecular formula is C19H18ClN5O. The Morgan fingerprint density at radius 2 is 1.88 bits per heavy atom. The van der Waals surface area contributed by atoms with Crippen molar-refractivity contribution in [2.24, 2.45) is 0 Å². The fourth-order valence-electron chi connectivity index (χ4n) is 2.35. The van der Waals surface area contributed by atoms with Gasteiger partial charge in [-0.1, -0.05) is 29.8 Å². The van der Waals surface area contributed by atoms with Gasteiger partial charge in [-0.05, 0) is 36.2 Å². The summed E-state index contributed by atoms with van der Waals surface area (Å²) in [5, 5.41) is 6.71. The summed E-state index contributed by atoms with van der Waals surface area (Å²) in [6, 6.07) is 12.8. The lowest BCUT2D eigenvalue weighted by molar-refractivity contribution is 0.0945. The Labute approximate surface area is 156 Å². The summed E-state index contributed by atoms with van der Waals surface area (Å²) in [4.78, 5) is 25.0. The molecule has 7 heteroatoms. The van der Waals surface area contributed by atoms with Crippen LogP contribution >= 0.6 is 11.6 Å². The number of amides is 1. The molecule has 0 fully saturated rings. The van der Waals surface area contributed by atoms with Crippen molar-refractivity contribution in [3.05, 3.63) is 82.5 Å². The van der Waals surface area contributed by atoms with Crippen LogP contribution in [0.3, 0.4) is 0 Å². The van der Waals surface area contributed by atoms with Crippen LogP contribution in [0.1, 0.15) is 27.4 Å². The second kappa shape index (κ2) is 8.40. The zero-order valence-electron chi connectivity index (χ0n) is 14.2. The molecular weight excluding hydrogens is 350 g/mol. The van der Waals surface area contributed by atoms with Crippen molar-refractivity contribution < 1.29 is 4.79 Å². The Morgan fingerprint density at radius 3 is 2.62 bits per heavy atom. The fraction of sp³-hybridized carbons (Fsp3) is 0.158. The van der Waals surface area contributed by atoms with E-state index in [0.29, 0.717) is 35.4 Å². The zero-order chi connectivity index (χ0) is 18.4. The number of pyridine rings is 1. The van der Waals surface area contributed by atoms with E-state index in [1.165, 1.54) is 0 Å². The molecule has 26 heavy (non-hydrogen) atoms. The van der Waals surface area contributed by atoms with E-state index in [1.807, 2.05) is 24.3 Å². The minimum atomic E-state index is -0.255. The molecule has 0 saturated carbocycles. The van der Waals surface area contributed by atoms with Gasteiger partial charge in [-0.15, -0.1) is 0 Å². The van der Waals surface area contributed by atoms with Crippen LogP contribution < -0.4 is 10.6 Å². The van der Waals surface area contributed by atoms with Gasteiger partial charge in [0.2, 0.25) is 0 Å². The van der Waals surface area contributed by atoms with Crippen LogP contribution in [0.5, 0.6) is 0 Å². The molecule has 0 aliphatic carbocycles. The molecule has 0 unspecified atom stereocenters. The summed E-state index contributed by atoms with van der Waals surface area (Å²) < 4.78 is 0. The van der Waals surface area contributed by atoms with Gasteiger partial charge >= 0.3 is 0 Å². The average molecular weight is 368 g/mol. The van der Waals surface area contributed by atoms with E-state index in [9.17, 15) is 4.79 Å². The first-order valence-electron chi connectivity index (χ1n) is 8.11. The second-order valence-electron chi connectivity index (χ2n) is 5.71. The number of carbonyl (C=O) groups excluding carboxylic acids is 1. The van der Waals surface area contributed by atoms with E-state index in [0.717, 1.165) is 11.1 Å². The number of hydrogen-bond donors (Lipinski definition) is 2. The van der Waals surface area contributed by atoms with Gasteiger partial charge in [-0.25, -0.2) is 9.97 Å². The lowest BCUT2D eigenvalue weighted by atomic mass is 10.2. The standard InChI is InChI=1S/C19H18ClN5O/c1-13-24-17(19(26)23-11-14-4-6-16(20)7-5-14)9-18(25-13)22-12-15-3-2-8-21-10-15/h2-10H,11-12H2,1H3,(H,23,26)(H,22,24,25). The highest BCUT2D eigenvalue weighted by atomic mass is 35.5. The molecule has 0 aliphatic heterocycles. The van der Waals surface area contributed by atoms with E-state index in [1.54, 1.807) is 37.5 Å². The van der Waals surface area contributed by atoms with E-state index < -0.39 is 0 Å². The van der Waals surface area contributed by atoms with Crippen molar-refractivity contribution in [1.82, 2.24) is 20.3 Å². The molecule has 1 amide bonds. The normalized spacial score (nSPS) is 10.4. The highest BCUT2D eigenvalue weighted by molar-refractivity contribution is 6.30. The van der Waals surface area contributed by atoms with Gasteiger partial charge in [-0.2, -0.15) is 0 Å². The van der Waals surface area contributed by atoms with Crippen molar-refractivity contribution in [2.45, 2.75) is 20.0 Å². The number of aryl methyl sites for hydroxylation is 1. The highest BCUT2D eigenvalue weighted by Crippen LogP contribution is 2.11. The van der Waals surface area contributed by atoms with Crippen molar-refractivity contribution in [2.75, 3.05) is 5.32 Å². The van der Waals surface area contributed by atoms with Gasteiger partial charge in [0.1, 0.15) is 17.3 Å². The molecule has 2 heterocycles. The Morgan fingerprint density at radius 1 is 1.08 bits per heavy atom. The number of anilines is 1. The molecule has 132 valence electrons. The van der Waals surface area contributed by atoms with Crippen molar-refractivity contribution in [3.63, 3.8) is 0 Å². The predicted molar refractivity (Wildman–Crippen MR) is 101 cm³/mol. The average Bonchev–Trinajstić information content (AvgIpc) is 2.66. The minimum Gasteiger partial charge on any atom is -0.366 e. The SMILES string of the molecule is Cc1nc(NCc2cccnc2)cc(C(=O)NCc2ccc(Cl)cc2)n1. The van der Waals surface area contributed by atoms with Crippen LogP contribution in [-0.2, 0) is 13.1 Å². The molecule has 2 aromatic heterocycles. The van der Waals surface area contributed by atoms with Gasteiger partial charge in [0.25, 0.3) is 5.91 Å². The lowest BCUT2D eigenvalue weighted by Gasteiger charge is -2.09. The molecule has 3 aromatic rings. The van der Waals surface area contributed by atoms with Crippen LogP contribution in [0, 0.1) is 6.92 Å². The molecule has 0 saturated heterocycles. The third-order valence-electron chi connectivity index (χ3n) is 3.63. The van der Waals surface area contributed by atoms with Gasteiger partial charge in [0.05, 0.1) is 0 Å². The molecule has 0 aliphatic rings. The summed E-state index contributed by atoms with van der Waals surface area (Å²) in [6.45, 7) is 2.72.